The normalized spacial score (nSPS) is 12.0. The molecule has 78 valence electrons. The Hall–Kier alpha value is -1.42. The second kappa shape index (κ2) is 4.40. The van der Waals surface area contributed by atoms with Gasteiger partial charge in [0, 0.05) is 30.5 Å². The number of hydrogen-bond donors (Lipinski definition) is 0. The number of aryl methyl sites for hydroxylation is 1. The first-order chi connectivity index (χ1) is 7.27. The zero-order valence-electron chi connectivity index (χ0n) is 8.84. The first-order valence-corrected chi connectivity index (χ1v) is 5.66. The first kappa shape index (κ1) is 10.1. The second-order valence-corrected chi connectivity index (χ2v) is 4.23. The first-order valence-electron chi connectivity index (χ1n) is 4.78. The van der Waals surface area contributed by atoms with Gasteiger partial charge < -0.3 is 4.57 Å². The maximum atomic E-state index is 4.54. The van der Waals surface area contributed by atoms with E-state index in [1.807, 2.05) is 25.4 Å². The van der Waals surface area contributed by atoms with Crippen molar-refractivity contribution in [2.24, 2.45) is 12.0 Å². The van der Waals surface area contributed by atoms with E-state index in [0.717, 1.165) is 10.4 Å². The number of rotatable bonds is 2. The van der Waals surface area contributed by atoms with Crippen LogP contribution < -0.4 is 4.80 Å². The number of hydrogen-bond acceptors (Lipinski definition) is 3. The zero-order valence-corrected chi connectivity index (χ0v) is 9.66. The van der Waals surface area contributed by atoms with Crippen molar-refractivity contribution in [1.29, 1.82) is 0 Å². The van der Waals surface area contributed by atoms with Gasteiger partial charge in [0.15, 0.2) is 4.80 Å². The van der Waals surface area contributed by atoms with Crippen LogP contribution in [0.25, 0.3) is 0 Å². The zero-order chi connectivity index (χ0) is 10.7. The number of thiazole rings is 1. The molecule has 0 amide bonds. The highest BCUT2D eigenvalue weighted by molar-refractivity contribution is 7.07. The molecule has 0 fully saturated rings. The summed E-state index contributed by atoms with van der Waals surface area (Å²) >= 11 is 1.67. The highest BCUT2D eigenvalue weighted by Crippen LogP contribution is 2.00. The minimum absolute atomic E-state index is 0.696. The summed E-state index contributed by atoms with van der Waals surface area (Å²) < 4.78 is 2.10. The van der Waals surface area contributed by atoms with Crippen LogP contribution in [0.3, 0.4) is 0 Å². The van der Waals surface area contributed by atoms with Crippen molar-refractivity contribution in [2.45, 2.75) is 13.5 Å². The van der Waals surface area contributed by atoms with Crippen LogP contribution in [-0.2, 0) is 13.6 Å². The van der Waals surface area contributed by atoms with Gasteiger partial charge in [0.2, 0.25) is 0 Å². The Morgan fingerprint density at radius 1 is 1.53 bits per heavy atom. The standard InChI is InChI=1S/C11H13N3S/c1-9-8-15-11(14(9)2)13-7-10-4-3-5-12-6-10/h3-6,8H,7H2,1-2H3. The van der Waals surface area contributed by atoms with Gasteiger partial charge in [-0.2, -0.15) is 0 Å². The van der Waals surface area contributed by atoms with E-state index < -0.39 is 0 Å². The van der Waals surface area contributed by atoms with E-state index in [2.05, 4.69) is 26.8 Å². The van der Waals surface area contributed by atoms with Crippen molar-refractivity contribution >= 4 is 11.3 Å². The molecule has 0 aliphatic rings. The fourth-order valence-electron chi connectivity index (χ4n) is 1.24. The fraction of sp³-hybridized carbons (Fsp3) is 0.273. The van der Waals surface area contributed by atoms with Gasteiger partial charge in [-0.25, -0.2) is 0 Å². The number of aromatic nitrogens is 2. The smallest absolute Gasteiger partial charge is 0.184 e. The largest absolute Gasteiger partial charge is 0.324 e. The lowest BCUT2D eigenvalue weighted by Gasteiger charge is -1.95. The molecule has 0 saturated carbocycles. The maximum Gasteiger partial charge on any atom is 0.184 e. The predicted octanol–water partition coefficient (Wildman–Crippen LogP) is 1.89. The Morgan fingerprint density at radius 2 is 2.40 bits per heavy atom. The third-order valence-corrected chi connectivity index (χ3v) is 3.34. The van der Waals surface area contributed by atoms with Crippen molar-refractivity contribution in [2.75, 3.05) is 0 Å². The van der Waals surface area contributed by atoms with Crippen LogP contribution in [0.1, 0.15) is 11.3 Å². The predicted molar refractivity (Wildman–Crippen MR) is 61.5 cm³/mol. The molecule has 0 aliphatic heterocycles. The van der Waals surface area contributed by atoms with Gasteiger partial charge in [-0.15, -0.1) is 11.3 Å². The fourth-order valence-corrected chi connectivity index (χ4v) is 2.12. The molecule has 2 aromatic heterocycles. The molecule has 0 aliphatic carbocycles. The average molecular weight is 219 g/mol. The van der Waals surface area contributed by atoms with Crippen molar-refractivity contribution in [3.05, 3.63) is 46.0 Å². The minimum Gasteiger partial charge on any atom is -0.324 e. The molecule has 0 N–H and O–H groups in total. The molecule has 3 nitrogen and oxygen atoms in total. The van der Waals surface area contributed by atoms with Crippen molar-refractivity contribution in [3.8, 4) is 0 Å². The molecular weight excluding hydrogens is 206 g/mol. The van der Waals surface area contributed by atoms with Crippen LogP contribution in [0.4, 0.5) is 0 Å². The van der Waals surface area contributed by atoms with Crippen molar-refractivity contribution < 1.29 is 0 Å². The van der Waals surface area contributed by atoms with Crippen LogP contribution in [0.15, 0.2) is 34.9 Å². The molecule has 0 aromatic carbocycles. The molecule has 0 bridgehead atoms. The molecular formula is C11H13N3S. The molecule has 0 spiro atoms. The summed E-state index contributed by atoms with van der Waals surface area (Å²) in [4.78, 5) is 9.65. The molecule has 15 heavy (non-hydrogen) atoms. The van der Waals surface area contributed by atoms with Crippen LogP contribution in [-0.4, -0.2) is 9.55 Å². The highest BCUT2D eigenvalue weighted by Gasteiger charge is 1.94. The number of pyridine rings is 1. The van der Waals surface area contributed by atoms with Crippen LogP contribution in [0.2, 0.25) is 0 Å². The molecule has 0 atom stereocenters. The Bertz CT molecular complexity index is 496. The quantitative estimate of drug-likeness (QED) is 0.758. The monoisotopic (exact) mass is 219 g/mol. The van der Waals surface area contributed by atoms with Gasteiger partial charge >= 0.3 is 0 Å². The third-order valence-electron chi connectivity index (χ3n) is 2.27. The van der Waals surface area contributed by atoms with E-state index in [1.54, 1.807) is 17.5 Å². The van der Waals surface area contributed by atoms with E-state index in [9.17, 15) is 0 Å². The summed E-state index contributed by atoms with van der Waals surface area (Å²) in [5.41, 5.74) is 2.38. The summed E-state index contributed by atoms with van der Waals surface area (Å²) in [6, 6.07) is 3.97. The van der Waals surface area contributed by atoms with Crippen molar-refractivity contribution in [1.82, 2.24) is 9.55 Å². The molecule has 4 heteroatoms. The van der Waals surface area contributed by atoms with Crippen molar-refractivity contribution in [3.63, 3.8) is 0 Å². The topological polar surface area (TPSA) is 30.2 Å². The van der Waals surface area contributed by atoms with E-state index in [4.69, 9.17) is 0 Å². The van der Waals surface area contributed by atoms with E-state index in [1.165, 1.54) is 5.69 Å². The Labute approximate surface area is 92.8 Å². The third kappa shape index (κ3) is 2.33. The van der Waals surface area contributed by atoms with Crippen LogP contribution in [0.5, 0.6) is 0 Å². The lowest BCUT2D eigenvalue weighted by atomic mass is 10.3. The van der Waals surface area contributed by atoms with Crippen LogP contribution in [0, 0.1) is 6.92 Å². The molecule has 0 saturated heterocycles. The van der Waals surface area contributed by atoms with Crippen LogP contribution >= 0.6 is 11.3 Å². The highest BCUT2D eigenvalue weighted by atomic mass is 32.1. The average Bonchev–Trinajstić information content (AvgIpc) is 2.59. The summed E-state index contributed by atoms with van der Waals surface area (Å²) in [7, 11) is 2.04. The summed E-state index contributed by atoms with van der Waals surface area (Å²) in [6.07, 6.45) is 3.63. The Morgan fingerprint density at radius 3 is 3.00 bits per heavy atom. The Kier molecular flexibility index (Phi) is 2.97. The molecule has 0 unspecified atom stereocenters. The summed E-state index contributed by atoms with van der Waals surface area (Å²) in [6.45, 7) is 2.78. The lowest BCUT2D eigenvalue weighted by Crippen LogP contribution is -2.11. The second-order valence-electron chi connectivity index (χ2n) is 3.40. The molecule has 2 aromatic rings. The van der Waals surface area contributed by atoms with Gasteiger partial charge in [0.05, 0.1) is 6.54 Å². The minimum atomic E-state index is 0.696. The lowest BCUT2D eigenvalue weighted by molar-refractivity contribution is 0.808. The molecule has 2 rings (SSSR count). The molecule has 2 heterocycles. The molecule has 0 radical (unpaired) electrons. The van der Waals surface area contributed by atoms with Gasteiger partial charge in [-0.1, -0.05) is 6.07 Å². The summed E-state index contributed by atoms with van der Waals surface area (Å²) in [5.74, 6) is 0. The van der Waals surface area contributed by atoms with Gasteiger partial charge in [-0.05, 0) is 18.6 Å². The summed E-state index contributed by atoms with van der Waals surface area (Å²) in [5, 5.41) is 2.11. The van der Waals surface area contributed by atoms with Gasteiger partial charge in [-0.3, -0.25) is 9.98 Å². The number of nitrogens with zero attached hydrogens (tertiary/aromatic N) is 3. The van der Waals surface area contributed by atoms with E-state index in [-0.39, 0.29) is 0 Å². The van der Waals surface area contributed by atoms with Gasteiger partial charge in [0.1, 0.15) is 0 Å². The Balaban J connectivity index is 2.23. The maximum absolute atomic E-state index is 4.54. The van der Waals surface area contributed by atoms with E-state index >= 15 is 0 Å². The SMILES string of the molecule is Cc1csc(=NCc2cccnc2)n1C. The van der Waals surface area contributed by atoms with E-state index in [0.29, 0.717) is 6.54 Å². The van der Waals surface area contributed by atoms with Gasteiger partial charge in [0.25, 0.3) is 0 Å².